The van der Waals surface area contributed by atoms with E-state index in [0.717, 1.165) is 45.3 Å². The quantitative estimate of drug-likeness (QED) is 0.678. The van der Waals surface area contributed by atoms with Gasteiger partial charge in [-0.2, -0.15) is 4.65 Å². The van der Waals surface area contributed by atoms with Crippen molar-refractivity contribution in [1.29, 1.82) is 0 Å². The number of fused-ring (bicyclic) bond motifs is 2. The van der Waals surface area contributed by atoms with Crippen LogP contribution in [0.5, 0.6) is 0 Å². The molecule has 1 unspecified atom stereocenters. The van der Waals surface area contributed by atoms with Crippen LogP contribution < -0.4 is 0 Å². The molecule has 106 valence electrons. The van der Waals surface area contributed by atoms with Crippen molar-refractivity contribution in [3.63, 3.8) is 0 Å². The Morgan fingerprint density at radius 1 is 1.11 bits per heavy atom. The second kappa shape index (κ2) is 4.19. The van der Waals surface area contributed by atoms with Crippen LogP contribution in [0.1, 0.15) is 44.9 Å². The summed E-state index contributed by atoms with van der Waals surface area (Å²) in [6.07, 6.45) is 7.65. The molecule has 0 aromatic heterocycles. The minimum atomic E-state index is 0.327. The molecule has 5 atom stereocenters. The average molecular weight is 265 g/mol. The van der Waals surface area contributed by atoms with Crippen molar-refractivity contribution >= 4 is 5.91 Å². The van der Waals surface area contributed by atoms with E-state index in [1.165, 1.54) is 19.3 Å². The first-order valence-corrected chi connectivity index (χ1v) is 8.08. The molecule has 4 aliphatic heterocycles. The maximum atomic E-state index is 12.2. The number of carbonyl (C=O) groups excluding carboxylic acids is 1. The van der Waals surface area contributed by atoms with E-state index >= 15 is 0 Å². The van der Waals surface area contributed by atoms with Crippen LogP contribution in [0.3, 0.4) is 0 Å². The number of hydrogen-bond donors (Lipinski definition) is 1. The lowest BCUT2D eigenvalue weighted by Crippen LogP contribution is -2.72. The topological polar surface area (TPSA) is 40.5 Å². The lowest BCUT2D eigenvalue weighted by molar-refractivity contribution is -1.13. The molecule has 1 amide bonds. The number of piperidine rings is 4. The van der Waals surface area contributed by atoms with Crippen LogP contribution in [0.15, 0.2) is 0 Å². The summed E-state index contributed by atoms with van der Waals surface area (Å²) < 4.78 is 0.327. The van der Waals surface area contributed by atoms with Gasteiger partial charge in [-0.05, 0) is 25.7 Å². The van der Waals surface area contributed by atoms with Crippen LogP contribution in [0.25, 0.3) is 0 Å². The molecule has 1 N–H and O–H groups in total. The highest BCUT2D eigenvalue weighted by atomic mass is 16.5. The molecular weight excluding hydrogens is 240 g/mol. The summed E-state index contributed by atoms with van der Waals surface area (Å²) in [7, 11) is 0. The molecule has 0 spiro atoms. The molecule has 4 rings (SSSR count). The molecule has 0 saturated carbocycles. The molecule has 0 radical (unpaired) electrons. The fourth-order valence-electron chi connectivity index (χ4n) is 5.58. The molecule has 4 saturated heterocycles. The Kier molecular flexibility index (Phi) is 2.68. The zero-order valence-corrected chi connectivity index (χ0v) is 11.6. The third-order valence-corrected chi connectivity index (χ3v) is 6.22. The van der Waals surface area contributed by atoms with Crippen LogP contribution in [0.2, 0.25) is 0 Å². The van der Waals surface area contributed by atoms with E-state index in [0.29, 0.717) is 34.5 Å². The summed E-state index contributed by atoms with van der Waals surface area (Å²) in [6, 6.07) is 0.861. The molecular formula is C15H25N2O2+. The van der Waals surface area contributed by atoms with Gasteiger partial charge in [0.25, 0.3) is 0 Å². The van der Waals surface area contributed by atoms with E-state index in [1.807, 2.05) is 0 Å². The second-order valence-corrected chi connectivity index (χ2v) is 7.14. The van der Waals surface area contributed by atoms with Crippen molar-refractivity contribution in [2.75, 3.05) is 19.6 Å². The summed E-state index contributed by atoms with van der Waals surface area (Å²) >= 11 is 0. The molecule has 4 nitrogen and oxygen atoms in total. The third kappa shape index (κ3) is 1.69. The van der Waals surface area contributed by atoms with Gasteiger partial charge >= 0.3 is 0 Å². The second-order valence-electron chi connectivity index (χ2n) is 7.14. The van der Waals surface area contributed by atoms with Crippen LogP contribution >= 0.6 is 0 Å². The molecule has 4 heterocycles. The Balaban J connectivity index is 1.69. The van der Waals surface area contributed by atoms with Gasteiger partial charge in [0.15, 0.2) is 0 Å². The molecule has 0 aromatic rings. The third-order valence-electron chi connectivity index (χ3n) is 6.22. The zero-order valence-electron chi connectivity index (χ0n) is 11.6. The summed E-state index contributed by atoms with van der Waals surface area (Å²) in [5.74, 6) is 1.48. The van der Waals surface area contributed by atoms with Gasteiger partial charge in [0, 0.05) is 43.7 Å². The molecule has 0 aromatic carbocycles. The SMILES string of the molecule is O=C1CCC[C@@H]2[C@H]3CCC[N+]4(O)CCC[C@@H](CN12)[C@H]34. The standard InChI is InChI=1S/C15H25N2O2/c18-14-7-1-6-13-12-5-3-9-17(19)8-2-4-11(15(12)17)10-16(13)14/h11-13,15,19H,1-10H2/q+1/t11-,12+,13+,15+,17?/m0/s1. The summed E-state index contributed by atoms with van der Waals surface area (Å²) in [5, 5.41) is 11.0. The molecule has 19 heavy (non-hydrogen) atoms. The Labute approximate surface area is 114 Å². The van der Waals surface area contributed by atoms with Gasteiger partial charge in [-0.1, -0.05) is 0 Å². The summed E-state index contributed by atoms with van der Waals surface area (Å²) in [5.41, 5.74) is 0. The number of hydroxylamine groups is 3. The van der Waals surface area contributed by atoms with Crippen LogP contribution in [0, 0.1) is 11.8 Å². The first-order chi connectivity index (χ1) is 9.19. The minimum Gasteiger partial charge on any atom is -0.339 e. The van der Waals surface area contributed by atoms with E-state index in [2.05, 4.69) is 4.90 Å². The van der Waals surface area contributed by atoms with Crippen molar-refractivity contribution in [2.45, 2.75) is 57.0 Å². The monoisotopic (exact) mass is 265 g/mol. The van der Waals surface area contributed by atoms with Crippen molar-refractivity contribution in [3.8, 4) is 0 Å². The zero-order chi connectivity index (χ0) is 13.0. The van der Waals surface area contributed by atoms with E-state index in [-0.39, 0.29) is 0 Å². The van der Waals surface area contributed by atoms with Crippen molar-refractivity contribution in [1.82, 2.24) is 4.90 Å². The van der Waals surface area contributed by atoms with Gasteiger partial charge in [-0.15, -0.1) is 0 Å². The first-order valence-electron chi connectivity index (χ1n) is 8.08. The largest absolute Gasteiger partial charge is 0.339 e. The molecule has 4 aliphatic rings. The Morgan fingerprint density at radius 3 is 2.74 bits per heavy atom. The summed E-state index contributed by atoms with van der Waals surface area (Å²) in [6.45, 7) is 2.81. The molecule has 0 aliphatic carbocycles. The lowest BCUT2D eigenvalue weighted by Gasteiger charge is -2.58. The van der Waals surface area contributed by atoms with Crippen molar-refractivity contribution in [2.24, 2.45) is 11.8 Å². The van der Waals surface area contributed by atoms with Gasteiger partial charge in [0.2, 0.25) is 5.91 Å². The highest BCUT2D eigenvalue weighted by Crippen LogP contribution is 2.47. The molecule has 4 fully saturated rings. The Bertz CT molecular complexity index is 396. The first kappa shape index (κ1) is 12.2. The average Bonchev–Trinajstić information content (AvgIpc) is 2.40. The Morgan fingerprint density at radius 2 is 1.89 bits per heavy atom. The normalized spacial score (nSPS) is 49.5. The van der Waals surface area contributed by atoms with Gasteiger partial charge in [-0.3, -0.25) is 4.79 Å². The highest BCUT2D eigenvalue weighted by Gasteiger charge is 2.58. The number of carbonyl (C=O) groups is 1. The van der Waals surface area contributed by atoms with E-state index < -0.39 is 0 Å². The fraction of sp³-hybridized carbons (Fsp3) is 0.933. The predicted octanol–water partition coefficient (Wildman–Crippen LogP) is 1.78. The van der Waals surface area contributed by atoms with Gasteiger partial charge < -0.3 is 4.90 Å². The highest BCUT2D eigenvalue weighted by molar-refractivity contribution is 5.77. The Hall–Kier alpha value is -0.610. The van der Waals surface area contributed by atoms with Gasteiger partial charge in [0.05, 0.1) is 0 Å². The van der Waals surface area contributed by atoms with Crippen molar-refractivity contribution < 1.29 is 14.6 Å². The van der Waals surface area contributed by atoms with Crippen LogP contribution in [-0.4, -0.2) is 52.4 Å². The van der Waals surface area contributed by atoms with Gasteiger partial charge in [0.1, 0.15) is 19.1 Å². The smallest absolute Gasteiger partial charge is 0.222 e. The number of amides is 1. The van der Waals surface area contributed by atoms with Crippen molar-refractivity contribution in [3.05, 3.63) is 0 Å². The lowest BCUT2D eigenvalue weighted by atomic mass is 9.67. The predicted molar refractivity (Wildman–Crippen MR) is 70.4 cm³/mol. The summed E-state index contributed by atoms with van der Waals surface area (Å²) in [4.78, 5) is 14.4. The number of quaternary nitrogens is 1. The van der Waals surface area contributed by atoms with E-state index in [9.17, 15) is 10.0 Å². The maximum Gasteiger partial charge on any atom is 0.222 e. The van der Waals surface area contributed by atoms with Crippen LogP contribution in [-0.2, 0) is 4.79 Å². The number of rotatable bonds is 0. The minimum absolute atomic E-state index is 0.327. The number of hydrogen-bond acceptors (Lipinski definition) is 2. The molecule has 4 heteroatoms. The van der Waals surface area contributed by atoms with Gasteiger partial charge in [-0.25, -0.2) is 5.21 Å². The van der Waals surface area contributed by atoms with Crippen LogP contribution in [0.4, 0.5) is 0 Å². The maximum absolute atomic E-state index is 12.2. The number of nitrogens with zero attached hydrogens (tertiary/aromatic N) is 2. The van der Waals surface area contributed by atoms with E-state index in [1.54, 1.807) is 0 Å². The molecule has 0 bridgehead atoms. The van der Waals surface area contributed by atoms with E-state index in [4.69, 9.17) is 0 Å². The fourth-order valence-corrected chi connectivity index (χ4v) is 5.58.